The van der Waals surface area contributed by atoms with Gasteiger partial charge in [-0.05, 0) is 19.8 Å². The van der Waals surface area contributed by atoms with Crippen molar-refractivity contribution in [3.63, 3.8) is 0 Å². The molecule has 3 unspecified atom stereocenters. The molecule has 1 saturated carbocycles. The molecule has 2 fully saturated rings. The van der Waals surface area contributed by atoms with Crippen LogP contribution in [-0.2, 0) is 9.53 Å². The Bertz CT molecular complexity index is 259. The number of hydrogen-bond donors (Lipinski definition) is 1. The largest absolute Gasteiger partial charge is 0.456 e. The van der Waals surface area contributed by atoms with E-state index < -0.39 is 11.7 Å². The Morgan fingerprint density at radius 2 is 2.00 bits per heavy atom. The lowest BCUT2D eigenvalue weighted by molar-refractivity contribution is -0.163. The van der Waals surface area contributed by atoms with Crippen molar-refractivity contribution in [1.82, 2.24) is 0 Å². The summed E-state index contributed by atoms with van der Waals surface area (Å²) in [4.78, 5) is 11.5. The van der Waals surface area contributed by atoms with E-state index in [2.05, 4.69) is 0 Å². The van der Waals surface area contributed by atoms with Gasteiger partial charge in [-0.1, -0.05) is 13.8 Å². The Hall–Kier alpha value is -0.570. The molecule has 0 amide bonds. The molecule has 0 aromatic carbocycles. The number of aliphatic hydroxyl groups is 1. The summed E-state index contributed by atoms with van der Waals surface area (Å²) in [6, 6.07) is 0. The van der Waals surface area contributed by atoms with Crippen molar-refractivity contribution in [1.29, 1.82) is 0 Å². The van der Waals surface area contributed by atoms with Crippen LogP contribution in [0.4, 0.5) is 0 Å². The van der Waals surface area contributed by atoms with Crippen molar-refractivity contribution < 1.29 is 14.6 Å². The summed E-state index contributed by atoms with van der Waals surface area (Å²) in [5, 5.41) is 9.83. The quantitative estimate of drug-likeness (QED) is 0.573. The van der Waals surface area contributed by atoms with Gasteiger partial charge in [0.05, 0.1) is 12.0 Å². The van der Waals surface area contributed by atoms with Crippen LogP contribution in [0.1, 0.15) is 33.6 Å². The van der Waals surface area contributed by atoms with Gasteiger partial charge in [0.2, 0.25) is 0 Å². The lowest BCUT2D eigenvalue weighted by Crippen LogP contribution is -2.53. The molecule has 2 bridgehead atoms. The molecule has 1 aliphatic carbocycles. The molecular formula is C10H16O3. The third kappa shape index (κ3) is 0.857. The third-order valence-electron chi connectivity index (χ3n) is 4.11. The maximum atomic E-state index is 11.5. The minimum Gasteiger partial charge on any atom is -0.456 e. The second-order valence-corrected chi connectivity index (χ2v) is 4.90. The topological polar surface area (TPSA) is 46.5 Å². The molecule has 3 atom stereocenters. The van der Waals surface area contributed by atoms with Crippen molar-refractivity contribution in [2.24, 2.45) is 11.3 Å². The summed E-state index contributed by atoms with van der Waals surface area (Å²) in [6.45, 7) is 5.85. The van der Waals surface area contributed by atoms with Crippen LogP contribution in [0, 0.1) is 11.3 Å². The van der Waals surface area contributed by atoms with Gasteiger partial charge in [-0.25, -0.2) is 0 Å². The van der Waals surface area contributed by atoms with Crippen molar-refractivity contribution in [3.8, 4) is 0 Å². The summed E-state index contributed by atoms with van der Waals surface area (Å²) in [5.74, 6) is -0.162. The lowest BCUT2D eigenvalue weighted by Gasteiger charge is -2.44. The number of carbonyl (C=O) groups excluding carboxylic acids is 1. The van der Waals surface area contributed by atoms with E-state index >= 15 is 0 Å². The first-order valence-corrected chi connectivity index (χ1v) is 4.80. The van der Waals surface area contributed by atoms with Gasteiger partial charge < -0.3 is 9.84 Å². The first-order valence-electron chi connectivity index (χ1n) is 4.80. The fraction of sp³-hybridized carbons (Fsp3) is 0.900. The van der Waals surface area contributed by atoms with E-state index in [1.54, 1.807) is 0 Å². The van der Waals surface area contributed by atoms with Crippen LogP contribution < -0.4 is 0 Å². The van der Waals surface area contributed by atoms with Crippen molar-refractivity contribution in [3.05, 3.63) is 0 Å². The average Bonchev–Trinajstić information content (AvgIpc) is 2.13. The second-order valence-electron chi connectivity index (χ2n) is 4.90. The molecule has 1 saturated heterocycles. The predicted octanol–water partition coefficient (Wildman–Crippen LogP) is 1.10. The van der Waals surface area contributed by atoms with E-state index in [0.717, 1.165) is 6.42 Å². The standard InChI is InChI=1S/C10H16O3/c1-9(2)6-4-5-7(11)10(9,3)13-8(6)12/h6-7,11H,4-5H2,1-3H3. The normalized spacial score (nSPS) is 47.5. The van der Waals surface area contributed by atoms with Gasteiger partial charge in [0, 0.05) is 5.41 Å². The number of fused-ring (bicyclic) bond motifs is 2. The Morgan fingerprint density at radius 1 is 1.38 bits per heavy atom. The van der Waals surface area contributed by atoms with Gasteiger partial charge >= 0.3 is 5.97 Å². The molecule has 2 rings (SSSR count). The zero-order valence-electron chi connectivity index (χ0n) is 8.33. The highest BCUT2D eigenvalue weighted by Crippen LogP contribution is 2.55. The lowest BCUT2D eigenvalue weighted by atomic mass is 9.61. The van der Waals surface area contributed by atoms with Gasteiger partial charge in [0.1, 0.15) is 5.60 Å². The van der Waals surface area contributed by atoms with Crippen LogP contribution in [0.15, 0.2) is 0 Å². The third-order valence-corrected chi connectivity index (χ3v) is 4.11. The number of aliphatic hydroxyl groups excluding tert-OH is 1. The number of rotatable bonds is 0. The van der Waals surface area contributed by atoms with E-state index in [4.69, 9.17) is 4.74 Å². The van der Waals surface area contributed by atoms with Crippen LogP contribution in [0.25, 0.3) is 0 Å². The zero-order chi connectivity index (χ0) is 9.85. The van der Waals surface area contributed by atoms with E-state index in [0.29, 0.717) is 6.42 Å². The molecule has 2 aliphatic rings. The molecule has 0 radical (unpaired) electrons. The molecule has 0 aromatic rings. The van der Waals surface area contributed by atoms with Crippen LogP contribution >= 0.6 is 0 Å². The summed E-state index contributed by atoms with van der Waals surface area (Å²) in [6.07, 6.45) is 0.920. The fourth-order valence-corrected chi connectivity index (χ4v) is 2.63. The van der Waals surface area contributed by atoms with Crippen LogP contribution in [0.2, 0.25) is 0 Å². The number of hydrogen-bond acceptors (Lipinski definition) is 3. The van der Waals surface area contributed by atoms with E-state index in [1.165, 1.54) is 0 Å². The van der Waals surface area contributed by atoms with Crippen molar-refractivity contribution in [2.45, 2.75) is 45.3 Å². The summed E-state index contributed by atoms with van der Waals surface area (Å²) in [5.41, 5.74) is -0.908. The second kappa shape index (κ2) is 2.27. The zero-order valence-corrected chi connectivity index (χ0v) is 8.33. The highest BCUT2D eigenvalue weighted by Gasteiger charge is 2.64. The Morgan fingerprint density at radius 3 is 2.54 bits per heavy atom. The van der Waals surface area contributed by atoms with Crippen molar-refractivity contribution in [2.75, 3.05) is 0 Å². The fourth-order valence-electron chi connectivity index (χ4n) is 2.63. The Kier molecular flexibility index (Phi) is 1.57. The minimum absolute atomic E-state index is 0.0269. The molecular weight excluding hydrogens is 168 g/mol. The monoisotopic (exact) mass is 184 g/mol. The number of carbonyl (C=O) groups is 1. The molecule has 3 nitrogen and oxygen atoms in total. The predicted molar refractivity (Wildman–Crippen MR) is 47.0 cm³/mol. The van der Waals surface area contributed by atoms with Crippen LogP contribution in [-0.4, -0.2) is 22.8 Å². The molecule has 1 N–H and O–H groups in total. The molecule has 0 aromatic heterocycles. The number of esters is 1. The molecule has 1 aliphatic heterocycles. The van der Waals surface area contributed by atoms with Gasteiger partial charge in [-0.3, -0.25) is 4.79 Å². The maximum absolute atomic E-state index is 11.5. The molecule has 74 valence electrons. The molecule has 3 heteroatoms. The van der Waals surface area contributed by atoms with Gasteiger partial charge in [0.15, 0.2) is 0 Å². The number of ether oxygens (including phenoxy) is 1. The minimum atomic E-state index is -0.674. The molecule has 13 heavy (non-hydrogen) atoms. The van der Waals surface area contributed by atoms with Crippen molar-refractivity contribution >= 4 is 5.97 Å². The highest BCUT2D eigenvalue weighted by molar-refractivity contribution is 5.77. The Labute approximate surface area is 78.1 Å². The van der Waals surface area contributed by atoms with E-state index in [1.807, 2.05) is 20.8 Å². The highest BCUT2D eigenvalue weighted by atomic mass is 16.6. The molecule has 1 heterocycles. The summed E-state index contributed by atoms with van der Waals surface area (Å²) >= 11 is 0. The Balaban J connectivity index is 2.46. The van der Waals surface area contributed by atoms with Crippen LogP contribution in [0.5, 0.6) is 0 Å². The molecule has 0 spiro atoms. The summed E-state index contributed by atoms with van der Waals surface area (Å²) in [7, 11) is 0. The van der Waals surface area contributed by atoms with Gasteiger partial charge in [-0.15, -0.1) is 0 Å². The van der Waals surface area contributed by atoms with E-state index in [-0.39, 0.29) is 17.3 Å². The SMILES string of the molecule is CC1(C)C2CCC(O)C1(C)OC2=O. The first kappa shape index (κ1) is 9.00. The summed E-state index contributed by atoms with van der Waals surface area (Å²) < 4.78 is 5.31. The smallest absolute Gasteiger partial charge is 0.310 e. The van der Waals surface area contributed by atoms with Crippen LogP contribution in [0.3, 0.4) is 0 Å². The van der Waals surface area contributed by atoms with Gasteiger partial charge in [0.25, 0.3) is 0 Å². The maximum Gasteiger partial charge on any atom is 0.310 e. The average molecular weight is 184 g/mol. The van der Waals surface area contributed by atoms with E-state index in [9.17, 15) is 9.90 Å². The van der Waals surface area contributed by atoms with Gasteiger partial charge in [-0.2, -0.15) is 0 Å². The first-order chi connectivity index (χ1) is 5.89.